The highest BCUT2D eigenvalue weighted by Gasteiger charge is 2.50. The fourth-order valence-electron chi connectivity index (χ4n) is 1.87. The standard InChI is InChI=1S/C9H15FN3O6P/c1-4(14)11-9(16)13-7(10)5(15)6(18-3)8(12(13)2)19-20-17/h5-8,15H,1-3H3,(H,11,14,16). The third kappa shape index (κ3) is 3.28. The molecule has 1 saturated heterocycles. The highest BCUT2D eigenvalue weighted by atomic mass is 31.1. The predicted octanol–water partition coefficient (Wildman–Crippen LogP) is -0.374. The summed E-state index contributed by atoms with van der Waals surface area (Å²) in [6.07, 6.45) is -6.25. The molecule has 1 aliphatic heterocycles. The number of hydrazine groups is 1. The molecule has 1 fully saturated rings. The minimum atomic E-state index is -2.16. The Hall–Kier alpha value is -1.19. The number of hydrogen-bond acceptors (Lipinski definition) is 7. The van der Waals surface area contributed by atoms with E-state index in [-0.39, 0.29) is 0 Å². The van der Waals surface area contributed by atoms with E-state index in [1.807, 2.05) is 5.32 Å². The maximum Gasteiger partial charge on any atom is 0.341 e. The lowest BCUT2D eigenvalue weighted by Gasteiger charge is -2.47. The smallest absolute Gasteiger partial charge is 0.341 e. The lowest BCUT2D eigenvalue weighted by Crippen LogP contribution is -2.69. The van der Waals surface area contributed by atoms with E-state index in [0.717, 1.165) is 11.9 Å². The number of aliphatic hydroxyl groups is 1. The van der Waals surface area contributed by atoms with Crippen LogP contribution in [-0.2, 0) is 18.6 Å². The zero-order valence-electron chi connectivity index (χ0n) is 11.0. The van der Waals surface area contributed by atoms with Gasteiger partial charge < -0.3 is 9.84 Å². The third-order valence-electron chi connectivity index (χ3n) is 2.76. The van der Waals surface area contributed by atoms with Crippen molar-refractivity contribution in [3.05, 3.63) is 0 Å². The molecule has 0 aromatic heterocycles. The zero-order chi connectivity index (χ0) is 15.4. The summed E-state index contributed by atoms with van der Waals surface area (Å²) in [7, 11) is 1.73. The summed E-state index contributed by atoms with van der Waals surface area (Å²) in [6.45, 7) is 1.08. The van der Waals surface area contributed by atoms with Crippen molar-refractivity contribution in [3.8, 4) is 0 Å². The molecule has 4 atom stereocenters. The van der Waals surface area contributed by atoms with Gasteiger partial charge in [-0.15, -0.1) is 0 Å². The molecule has 11 heteroatoms. The van der Waals surface area contributed by atoms with Crippen molar-refractivity contribution < 1.29 is 32.9 Å². The Balaban J connectivity index is 3.03. The summed E-state index contributed by atoms with van der Waals surface area (Å²) in [5, 5.41) is 13.1. The Morgan fingerprint density at radius 1 is 1.45 bits per heavy atom. The molecule has 0 saturated carbocycles. The molecule has 2 N–H and O–H groups in total. The fraction of sp³-hybridized carbons (Fsp3) is 0.778. The van der Waals surface area contributed by atoms with Gasteiger partial charge in [0.15, 0.2) is 6.23 Å². The zero-order valence-corrected chi connectivity index (χ0v) is 11.9. The number of urea groups is 1. The third-order valence-corrected chi connectivity index (χ3v) is 3.06. The number of methoxy groups -OCH3 is 1. The van der Waals surface area contributed by atoms with Crippen molar-refractivity contribution in [1.29, 1.82) is 0 Å². The molecule has 0 aliphatic carbocycles. The predicted molar refractivity (Wildman–Crippen MR) is 63.0 cm³/mol. The molecular weight excluding hydrogens is 296 g/mol. The molecule has 0 aromatic carbocycles. The van der Waals surface area contributed by atoms with Gasteiger partial charge in [-0.1, -0.05) is 0 Å². The monoisotopic (exact) mass is 311 g/mol. The highest BCUT2D eigenvalue weighted by molar-refractivity contribution is 7.17. The van der Waals surface area contributed by atoms with Crippen LogP contribution in [-0.4, -0.2) is 66.0 Å². The number of nitrogens with zero attached hydrogens (tertiary/aromatic N) is 2. The van der Waals surface area contributed by atoms with Gasteiger partial charge in [-0.25, -0.2) is 18.8 Å². The summed E-state index contributed by atoms with van der Waals surface area (Å²) < 4.78 is 34.3. The van der Waals surface area contributed by atoms with Gasteiger partial charge in [-0.3, -0.25) is 14.6 Å². The van der Waals surface area contributed by atoms with Gasteiger partial charge in [-0.2, -0.15) is 5.01 Å². The van der Waals surface area contributed by atoms with Crippen molar-refractivity contribution in [2.75, 3.05) is 14.2 Å². The highest BCUT2D eigenvalue weighted by Crippen LogP contribution is 2.28. The van der Waals surface area contributed by atoms with E-state index in [9.17, 15) is 23.7 Å². The van der Waals surface area contributed by atoms with Gasteiger partial charge in [0, 0.05) is 21.1 Å². The number of ether oxygens (including phenoxy) is 1. The summed E-state index contributed by atoms with van der Waals surface area (Å²) in [5.41, 5.74) is 0. The number of alkyl halides is 1. The molecule has 0 aromatic rings. The van der Waals surface area contributed by atoms with Gasteiger partial charge in [0.25, 0.3) is 0 Å². The number of halogens is 1. The first-order valence-corrected chi connectivity index (χ1v) is 6.25. The van der Waals surface area contributed by atoms with Crippen molar-refractivity contribution >= 4 is 20.6 Å². The van der Waals surface area contributed by atoms with Gasteiger partial charge >= 0.3 is 14.7 Å². The van der Waals surface area contributed by atoms with Crippen molar-refractivity contribution in [1.82, 2.24) is 15.3 Å². The summed E-state index contributed by atoms with van der Waals surface area (Å²) in [4.78, 5) is 22.6. The molecule has 0 radical (unpaired) electrons. The van der Waals surface area contributed by atoms with Gasteiger partial charge in [0.1, 0.15) is 12.2 Å². The number of amides is 3. The van der Waals surface area contributed by atoms with Crippen molar-refractivity contribution in [2.45, 2.75) is 31.7 Å². The summed E-state index contributed by atoms with van der Waals surface area (Å²) in [5.74, 6) is -0.696. The Morgan fingerprint density at radius 2 is 2.05 bits per heavy atom. The topological polar surface area (TPSA) is 108 Å². The van der Waals surface area contributed by atoms with E-state index in [2.05, 4.69) is 0 Å². The average molecular weight is 311 g/mol. The number of nitrogens with one attached hydrogen (secondary N) is 1. The number of aliphatic hydroxyl groups excluding tert-OH is 1. The Morgan fingerprint density at radius 3 is 2.50 bits per heavy atom. The average Bonchev–Trinajstić information content (AvgIpc) is 2.36. The number of hydrogen-bond donors (Lipinski definition) is 2. The molecule has 1 rings (SSSR count). The summed E-state index contributed by atoms with van der Waals surface area (Å²) >= 11 is 0. The SMILES string of the molecule is COC1C(O)C(F)N(C(=O)NC(C)=O)N(C)C1OP=O. The normalized spacial score (nSPS) is 31.4. The maximum absolute atomic E-state index is 14.1. The van der Waals surface area contributed by atoms with Gasteiger partial charge in [-0.05, 0) is 0 Å². The molecule has 0 spiro atoms. The molecular formula is C9H15FN3O6P. The largest absolute Gasteiger partial charge is 0.385 e. The van der Waals surface area contributed by atoms with E-state index in [0.29, 0.717) is 5.01 Å². The van der Waals surface area contributed by atoms with E-state index >= 15 is 0 Å². The molecule has 4 unspecified atom stereocenters. The van der Waals surface area contributed by atoms with E-state index in [1.54, 1.807) is 0 Å². The minimum Gasteiger partial charge on any atom is -0.385 e. The number of likely N-dealkylation sites (N-methyl/N-ethyl adjacent to an activating group) is 1. The molecule has 1 heterocycles. The molecule has 20 heavy (non-hydrogen) atoms. The van der Waals surface area contributed by atoms with Crippen LogP contribution < -0.4 is 5.32 Å². The first-order valence-electron chi connectivity index (χ1n) is 5.52. The van der Waals surface area contributed by atoms with E-state index < -0.39 is 45.4 Å². The van der Waals surface area contributed by atoms with Gasteiger partial charge in [0.2, 0.25) is 12.2 Å². The van der Waals surface area contributed by atoms with Gasteiger partial charge in [0.05, 0.1) is 0 Å². The van der Waals surface area contributed by atoms with Crippen LogP contribution in [0.5, 0.6) is 0 Å². The second-order valence-corrected chi connectivity index (χ2v) is 4.40. The van der Waals surface area contributed by atoms with Crippen molar-refractivity contribution in [3.63, 3.8) is 0 Å². The van der Waals surface area contributed by atoms with Crippen LogP contribution in [0.4, 0.5) is 9.18 Å². The van der Waals surface area contributed by atoms with E-state index in [1.165, 1.54) is 14.2 Å². The lowest BCUT2D eigenvalue weighted by atomic mass is 10.1. The van der Waals surface area contributed by atoms with Crippen LogP contribution in [0.25, 0.3) is 0 Å². The van der Waals surface area contributed by atoms with Crippen LogP contribution in [0.3, 0.4) is 0 Å². The first kappa shape index (κ1) is 16.9. The molecule has 9 nitrogen and oxygen atoms in total. The Bertz CT molecular complexity index is 400. The maximum atomic E-state index is 14.1. The number of rotatable bonds is 3. The molecule has 114 valence electrons. The Kier molecular flexibility index (Phi) is 5.90. The van der Waals surface area contributed by atoms with Crippen LogP contribution in [0.2, 0.25) is 0 Å². The number of carbonyl (C=O) groups excluding carboxylic acids is 2. The number of carbonyl (C=O) groups is 2. The van der Waals surface area contributed by atoms with Crippen LogP contribution in [0.1, 0.15) is 6.92 Å². The second kappa shape index (κ2) is 7.00. The fourth-order valence-corrected chi connectivity index (χ4v) is 2.21. The molecule has 3 amide bonds. The first-order chi connectivity index (χ1) is 9.34. The second-order valence-electron chi connectivity index (χ2n) is 4.04. The quantitative estimate of drug-likeness (QED) is 0.540. The molecule has 0 bridgehead atoms. The van der Waals surface area contributed by atoms with Crippen LogP contribution in [0, 0.1) is 0 Å². The Labute approximate surface area is 115 Å². The lowest BCUT2D eigenvalue weighted by molar-refractivity contribution is -0.259. The summed E-state index contributed by atoms with van der Waals surface area (Å²) in [6, 6.07) is -1.09. The minimum absolute atomic E-state index is 0.456. The van der Waals surface area contributed by atoms with Crippen LogP contribution >= 0.6 is 8.69 Å². The van der Waals surface area contributed by atoms with E-state index in [4.69, 9.17) is 9.26 Å². The molecule has 1 aliphatic rings. The van der Waals surface area contributed by atoms with Crippen molar-refractivity contribution in [2.24, 2.45) is 0 Å². The number of imide groups is 1. The van der Waals surface area contributed by atoms with Crippen LogP contribution in [0.15, 0.2) is 0 Å².